The smallest absolute Gasteiger partial charge is 0.185 e. The molecule has 0 radical (unpaired) electrons. The molecule has 0 aliphatic heterocycles. The molecule has 1 aliphatic rings. The Hall–Kier alpha value is -2.20. The first kappa shape index (κ1) is 22.1. The molecule has 0 saturated heterocycles. The molecule has 150 valence electrons. The predicted octanol–water partition coefficient (Wildman–Crippen LogP) is 6.05. The number of allylic oxidation sites excluding steroid dienone is 5. The lowest BCUT2D eigenvalue weighted by molar-refractivity contribution is -0.111. The minimum Gasteiger partial charge on any atom is -0.491 e. The average Bonchev–Trinajstić information content (AvgIpc) is 2.62. The second kappa shape index (κ2) is 10.4. The first-order chi connectivity index (χ1) is 13.3. The highest BCUT2D eigenvalue weighted by Gasteiger charge is 2.14. The Labute approximate surface area is 174 Å². The van der Waals surface area contributed by atoms with Crippen LogP contribution in [0.1, 0.15) is 58.6 Å². The van der Waals surface area contributed by atoms with Gasteiger partial charge in [0.1, 0.15) is 11.5 Å². The van der Waals surface area contributed by atoms with Gasteiger partial charge in [0.2, 0.25) is 0 Å². The number of ketones is 1. The molecule has 1 aliphatic carbocycles. The SMILES string of the molecule is CCCc1cc(C=CC(=O)C2=CCC(=S)C=C2)c(OC(C)C)cc1OC(C)C. The number of carbonyl (C=O) groups is 1. The summed E-state index contributed by atoms with van der Waals surface area (Å²) < 4.78 is 12.0. The fourth-order valence-electron chi connectivity index (χ4n) is 2.91. The maximum atomic E-state index is 12.5. The zero-order valence-corrected chi connectivity index (χ0v) is 18.3. The largest absolute Gasteiger partial charge is 0.491 e. The van der Waals surface area contributed by atoms with Crippen molar-refractivity contribution in [1.29, 1.82) is 0 Å². The van der Waals surface area contributed by atoms with E-state index in [1.54, 1.807) is 12.2 Å². The van der Waals surface area contributed by atoms with E-state index >= 15 is 0 Å². The van der Waals surface area contributed by atoms with Crippen LogP contribution in [0.2, 0.25) is 0 Å². The van der Waals surface area contributed by atoms with Gasteiger partial charge >= 0.3 is 0 Å². The normalized spacial score (nSPS) is 14.1. The molecule has 0 bridgehead atoms. The summed E-state index contributed by atoms with van der Waals surface area (Å²) in [6, 6.07) is 4.02. The van der Waals surface area contributed by atoms with Gasteiger partial charge in [0, 0.05) is 28.5 Å². The molecule has 1 aromatic carbocycles. The van der Waals surface area contributed by atoms with Crippen LogP contribution in [-0.4, -0.2) is 22.9 Å². The van der Waals surface area contributed by atoms with Crippen LogP contribution in [0.4, 0.5) is 0 Å². The number of rotatable bonds is 9. The molecule has 0 N–H and O–H groups in total. The molecular formula is C24H30O3S. The highest BCUT2D eigenvalue weighted by molar-refractivity contribution is 7.80. The van der Waals surface area contributed by atoms with Crippen LogP contribution < -0.4 is 9.47 Å². The number of ether oxygens (including phenoxy) is 2. The van der Waals surface area contributed by atoms with Gasteiger partial charge in [-0.05, 0) is 64.0 Å². The van der Waals surface area contributed by atoms with Gasteiger partial charge in [-0.2, -0.15) is 0 Å². The second-order valence-electron chi connectivity index (χ2n) is 7.44. The van der Waals surface area contributed by atoms with Crippen molar-refractivity contribution in [3.8, 4) is 11.5 Å². The maximum absolute atomic E-state index is 12.5. The number of thiocarbonyl (C=S) groups is 1. The molecule has 0 saturated carbocycles. The van der Waals surface area contributed by atoms with Crippen LogP contribution >= 0.6 is 12.2 Å². The lowest BCUT2D eigenvalue weighted by Crippen LogP contribution is -2.11. The summed E-state index contributed by atoms with van der Waals surface area (Å²) in [5.74, 6) is 1.54. The minimum atomic E-state index is -0.0335. The van der Waals surface area contributed by atoms with Crippen molar-refractivity contribution in [1.82, 2.24) is 0 Å². The van der Waals surface area contributed by atoms with Crippen molar-refractivity contribution in [2.75, 3.05) is 0 Å². The third-order valence-electron chi connectivity index (χ3n) is 4.11. The van der Waals surface area contributed by atoms with E-state index in [1.807, 2.05) is 52.0 Å². The lowest BCUT2D eigenvalue weighted by Gasteiger charge is -2.19. The van der Waals surface area contributed by atoms with E-state index in [9.17, 15) is 4.79 Å². The van der Waals surface area contributed by atoms with E-state index in [4.69, 9.17) is 21.7 Å². The first-order valence-electron chi connectivity index (χ1n) is 9.93. The van der Waals surface area contributed by atoms with Gasteiger partial charge in [0.05, 0.1) is 12.2 Å². The number of hydrogen-bond acceptors (Lipinski definition) is 4. The van der Waals surface area contributed by atoms with Gasteiger partial charge in [0.25, 0.3) is 0 Å². The fourth-order valence-corrected chi connectivity index (χ4v) is 3.06. The highest BCUT2D eigenvalue weighted by Crippen LogP contribution is 2.33. The highest BCUT2D eigenvalue weighted by atomic mass is 32.1. The third kappa shape index (κ3) is 6.45. The average molecular weight is 399 g/mol. The molecule has 0 unspecified atom stereocenters. The molecule has 0 spiro atoms. The van der Waals surface area contributed by atoms with E-state index in [-0.39, 0.29) is 18.0 Å². The Morgan fingerprint density at radius 2 is 1.79 bits per heavy atom. The van der Waals surface area contributed by atoms with E-state index in [0.29, 0.717) is 12.0 Å². The zero-order valence-electron chi connectivity index (χ0n) is 17.5. The molecule has 4 heteroatoms. The summed E-state index contributed by atoms with van der Waals surface area (Å²) >= 11 is 5.14. The first-order valence-corrected chi connectivity index (χ1v) is 10.3. The Morgan fingerprint density at radius 1 is 1.11 bits per heavy atom. The number of benzene rings is 1. The van der Waals surface area contributed by atoms with Gasteiger partial charge < -0.3 is 9.47 Å². The van der Waals surface area contributed by atoms with Gasteiger partial charge in [0.15, 0.2) is 5.78 Å². The van der Waals surface area contributed by atoms with Crippen molar-refractivity contribution in [2.24, 2.45) is 0 Å². The zero-order chi connectivity index (χ0) is 20.7. The van der Waals surface area contributed by atoms with Crippen LogP contribution in [0.15, 0.2) is 42.0 Å². The molecule has 0 atom stereocenters. The van der Waals surface area contributed by atoms with E-state index in [2.05, 4.69) is 13.0 Å². The summed E-state index contributed by atoms with van der Waals surface area (Å²) in [6.45, 7) is 10.2. The fraction of sp³-hybridized carbons (Fsp3) is 0.417. The Morgan fingerprint density at radius 3 is 2.36 bits per heavy atom. The van der Waals surface area contributed by atoms with Crippen molar-refractivity contribution in [3.05, 3.63) is 53.1 Å². The van der Waals surface area contributed by atoms with E-state index in [1.165, 1.54) is 0 Å². The van der Waals surface area contributed by atoms with E-state index < -0.39 is 0 Å². The van der Waals surface area contributed by atoms with Gasteiger partial charge in [-0.3, -0.25) is 4.79 Å². The van der Waals surface area contributed by atoms with Crippen LogP contribution in [0.3, 0.4) is 0 Å². The van der Waals surface area contributed by atoms with Gasteiger partial charge in [-0.15, -0.1) is 0 Å². The lowest BCUT2D eigenvalue weighted by atomic mass is 10.0. The number of carbonyl (C=O) groups excluding carboxylic acids is 1. The number of aryl methyl sites for hydroxylation is 1. The van der Waals surface area contributed by atoms with E-state index in [0.717, 1.165) is 40.3 Å². The summed E-state index contributed by atoms with van der Waals surface area (Å²) in [5.41, 5.74) is 2.68. The Balaban J connectivity index is 2.36. The topological polar surface area (TPSA) is 35.5 Å². The van der Waals surface area contributed by atoms with Crippen molar-refractivity contribution < 1.29 is 14.3 Å². The summed E-state index contributed by atoms with van der Waals surface area (Å²) in [4.78, 5) is 13.4. The molecule has 0 aromatic heterocycles. The van der Waals surface area contributed by atoms with Crippen LogP contribution in [0.25, 0.3) is 6.08 Å². The van der Waals surface area contributed by atoms with Crippen molar-refractivity contribution in [2.45, 2.75) is 66.1 Å². The summed E-state index contributed by atoms with van der Waals surface area (Å²) in [5, 5.41) is 0. The van der Waals surface area contributed by atoms with Crippen LogP contribution in [0, 0.1) is 0 Å². The van der Waals surface area contributed by atoms with Gasteiger partial charge in [-0.25, -0.2) is 0 Å². The molecule has 0 fully saturated rings. The molecule has 28 heavy (non-hydrogen) atoms. The van der Waals surface area contributed by atoms with Crippen LogP contribution in [-0.2, 0) is 11.2 Å². The Bertz CT molecular complexity index is 813. The van der Waals surface area contributed by atoms with Crippen LogP contribution in [0.5, 0.6) is 11.5 Å². The standard InChI is InChI=1S/C24H30O3S/c1-6-7-19-14-20(10-13-22(25)18-8-11-21(28)12-9-18)24(27-17(4)5)15-23(19)26-16(2)3/h8-11,13-17H,6-7,12H2,1-5H3. The molecule has 0 amide bonds. The predicted molar refractivity (Wildman–Crippen MR) is 120 cm³/mol. The molecule has 1 aromatic rings. The molecular weight excluding hydrogens is 368 g/mol. The van der Waals surface area contributed by atoms with Gasteiger partial charge in [-0.1, -0.05) is 37.7 Å². The minimum absolute atomic E-state index is 0.0248. The maximum Gasteiger partial charge on any atom is 0.185 e. The summed E-state index contributed by atoms with van der Waals surface area (Å²) in [6.07, 6.45) is 11.6. The molecule has 3 nitrogen and oxygen atoms in total. The summed E-state index contributed by atoms with van der Waals surface area (Å²) in [7, 11) is 0. The quantitative estimate of drug-likeness (QED) is 0.374. The monoisotopic (exact) mass is 398 g/mol. The Kier molecular flexibility index (Phi) is 8.18. The van der Waals surface area contributed by atoms with Crippen molar-refractivity contribution in [3.63, 3.8) is 0 Å². The molecule has 2 rings (SSSR count). The number of hydrogen-bond donors (Lipinski definition) is 0. The third-order valence-corrected chi connectivity index (χ3v) is 4.41. The van der Waals surface area contributed by atoms with Crippen molar-refractivity contribution >= 4 is 28.9 Å². The second-order valence-corrected chi connectivity index (χ2v) is 7.97. The molecule has 0 heterocycles.